The van der Waals surface area contributed by atoms with Crippen molar-refractivity contribution in [3.8, 4) is 11.3 Å². The summed E-state index contributed by atoms with van der Waals surface area (Å²) in [4.78, 5) is 4.24. The minimum atomic E-state index is 0.786. The smallest absolute Gasteiger partial charge is 0.263 e. The van der Waals surface area contributed by atoms with Crippen molar-refractivity contribution >= 4 is 38.1 Å². The molecule has 4 aromatic rings. The number of halogens is 1. The van der Waals surface area contributed by atoms with Crippen LogP contribution in [-0.4, -0.2) is 15.2 Å². The zero-order chi connectivity index (χ0) is 17.8. The van der Waals surface area contributed by atoms with E-state index < -0.39 is 0 Å². The highest BCUT2D eigenvalue weighted by Gasteiger charge is 2.20. The van der Waals surface area contributed by atoms with Crippen LogP contribution in [0, 0.1) is 0 Å². The van der Waals surface area contributed by atoms with Gasteiger partial charge in [-0.05, 0) is 36.4 Å². The van der Waals surface area contributed by atoms with E-state index in [0.717, 1.165) is 34.1 Å². The number of hydrogen-bond donors (Lipinski definition) is 2. The molecule has 0 amide bonds. The van der Waals surface area contributed by atoms with E-state index in [9.17, 15) is 0 Å². The maximum absolute atomic E-state index is 4.24. The fourth-order valence-electron chi connectivity index (χ4n) is 2.73. The molecule has 2 N–H and O–H groups in total. The van der Waals surface area contributed by atoms with Gasteiger partial charge in [0.1, 0.15) is 23.5 Å². The number of aromatic amines is 1. The van der Waals surface area contributed by atoms with Crippen molar-refractivity contribution in [2.75, 3.05) is 5.32 Å². The molecule has 0 saturated carbocycles. The van der Waals surface area contributed by atoms with Crippen molar-refractivity contribution in [2.24, 2.45) is 0 Å². The van der Waals surface area contributed by atoms with Crippen molar-refractivity contribution in [3.05, 3.63) is 76.6 Å². The normalized spacial score (nSPS) is 10.8. The molecule has 2 aromatic carbocycles. The second-order valence-electron chi connectivity index (χ2n) is 5.76. The van der Waals surface area contributed by atoms with Crippen molar-refractivity contribution < 1.29 is 4.57 Å². The van der Waals surface area contributed by atoms with E-state index in [4.69, 9.17) is 0 Å². The summed E-state index contributed by atoms with van der Waals surface area (Å²) < 4.78 is 3.37. The van der Waals surface area contributed by atoms with Crippen LogP contribution in [0.3, 0.4) is 0 Å². The lowest BCUT2D eigenvalue weighted by atomic mass is 10.2. The first-order valence-corrected chi connectivity index (χ1v) is 9.90. The van der Waals surface area contributed by atoms with E-state index >= 15 is 0 Å². The molecular formula is C19H17BrN5S+. The zero-order valence-corrected chi connectivity index (χ0v) is 16.3. The molecule has 5 nitrogen and oxygen atoms in total. The number of thiazole rings is 1. The van der Waals surface area contributed by atoms with Gasteiger partial charge >= 0.3 is 5.13 Å². The summed E-state index contributed by atoms with van der Waals surface area (Å²) in [6.07, 6.45) is 2.33. The number of aromatic nitrogens is 4. The Morgan fingerprint density at radius 1 is 1.08 bits per heavy atom. The van der Waals surface area contributed by atoms with Crippen molar-refractivity contribution in [1.29, 1.82) is 0 Å². The van der Waals surface area contributed by atoms with Gasteiger partial charge in [-0.2, -0.15) is 5.10 Å². The fourth-order valence-corrected chi connectivity index (χ4v) is 3.97. The third-order valence-electron chi connectivity index (χ3n) is 4.02. The van der Waals surface area contributed by atoms with Crippen molar-refractivity contribution in [2.45, 2.75) is 13.0 Å². The van der Waals surface area contributed by atoms with Crippen LogP contribution in [0.15, 0.2) is 70.8 Å². The maximum atomic E-state index is 4.24. The number of H-pyrrole nitrogens is 1. The molecule has 0 radical (unpaired) electrons. The number of nitrogens with zero attached hydrogens (tertiary/aromatic N) is 3. The van der Waals surface area contributed by atoms with Crippen LogP contribution in [0.2, 0.25) is 0 Å². The molecule has 0 spiro atoms. The van der Waals surface area contributed by atoms with Gasteiger partial charge in [0.25, 0.3) is 0 Å². The second-order valence-corrected chi connectivity index (χ2v) is 7.53. The Morgan fingerprint density at radius 2 is 1.88 bits per heavy atom. The number of rotatable bonds is 6. The Balaban J connectivity index is 1.67. The summed E-state index contributed by atoms with van der Waals surface area (Å²) in [7, 11) is 0. The van der Waals surface area contributed by atoms with E-state index in [0.29, 0.717) is 0 Å². The molecule has 0 aliphatic carbocycles. The number of benzene rings is 2. The van der Waals surface area contributed by atoms with Gasteiger partial charge in [0.05, 0.1) is 6.54 Å². The van der Waals surface area contributed by atoms with E-state index in [-0.39, 0.29) is 0 Å². The number of aryl methyl sites for hydroxylation is 1. The molecule has 2 aromatic heterocycles. The Bertz CT molecular complexity index is 965. The van der Waals surface area contributed by atoms with Gasteiger partial charge in [-0.25, -0.2) is 14.9 Å². The Morgan fingerprint density at radius 3 is 2.62 bits per heavy atom. The van der Waals surface area contributed by atoms with E-state index in [2.05, 4.69) is 82.8 Å². The molecule has 0 aliphatic rings. The number of para-hydroxylation sites is 1. The molecule has 0 aliphatic heterocycles. The van der Waals surface area contributed by atoms with Gasteiger partial charge < -0.3 is 0 Å². The summed E-state index contributed by atoms with van der Waals surface area (Å²) in [6, 6.07) is 18.6. The summed E-state index contributed by atoms with van der Waals surface area (Å²) in [5.74, 6) is 0.885. The largest absolute Gasteiger partial charge is 0.339 e. The zero-order valence-electron chi connectivity index (χ0n) is 13.9. The summed E-state index contributed by atoms with van der Waals surface area (Å²) in [5.41, 5.74) is 3.44. The van der Waals surface area contributed by atoms with E-state index in [1.807, 2.05) is 18.2 Å². The first kappa shape index (κ1) is 16.9. The van der Waals surface area contributed by atoms with Crippen molar-refractivity contribution in [3.63, 3.8) is 0 Å². The highest BCUT2D eigenvalue weighted by atomic mass is 79.9. The van der Waals surface area contributed by atoms with Gasteiger partial charge in [0.2, 0.25) is 0 Å². The highest BCUT2D eigenvalue weighted by molar-refractivity contribution is 9.10. The standard InChI is InChI=1S/C19H16BrN5S/c20-15-8-6-14(7-9-15)17-12-26-19(23-16-4-2-1-3-5-16)25(17)11-10-18-21-13-22-24-18/h1-9,12-13H,10-11H2,(H,21,22,24)/p+1. The number of hydrogen-bond acceptors (Lipinski definition) is 4. The predicted octanol–water partition coefficient (Wildman–Crippen LogP) is 4.57. The average Bonchev–Trinajstić information content (AvgIpc) is 3.32. The summed E-state index contributed by atoms with van der Waals surface area (Å²) in [6.45, 7) is 0.805. The number of nitrogens with one attached hydrogen (secondary N) is 2. The SMILES string of the molecule is Brc1ccc(-c2csc(Nc3ccccc3)[n+]2CCc2ncn[nH]2)cc1. The minimum absolute atomic E-state index is 0.786. The highest BCUT2D eigenvalue weighted by Crippen LogP contribution is 2.26. The van der Waals surface area contributed by atoms with Gasteiger partial charge in [-0.1, -0.05) is 45.5 Å². The fraction of sp³-hybridized carbons (Fsp3) is 0.105. The second kappa shape index (κ2) is 7.80. The predicted molar refractivity (Wildman–Crippen MR) is 107 cm³/mol. The first-order valence-electron chi connectivity index (χ1n) is 8.23. The van der Waals surface area contributed by atoms with E-state index in [1.54, 1.807) is 17.7 Å². The van der Waals surface area contributed by atoms with Crippen LogP contribution in [0.1, 0.15) is 5.82 Å². The molecule has 130 valence electrons. The molecule has 0 bridgehead atoms. The Kier molecular flexibility index (Phi) is 5.08. The summed E-state index contributed by atoms with van der Waals surface area (Å²) >= 11 is 5.21. The lowest BCUT2D eigenvalue weighted by Gasteiger charge is -2.06. The van der Waals surface area contributed by atoms with Crippen LogP contribution >= 0.6 is 27.3 Å². The Hall–Kier alpha value is -2.51. The molecular weight excluding hydrogens is 410 g/mol. The van der Waals surface area contributed by atoms with Gasteiger partial charge in [0.15, 0.2) is 0 Å². The Labute approximate surface area is 163 Å². The van der Waals surface area contributed by atoms with Gasteiger partial charge in [-0.3, -0.25) is 5.10 Å². The van der Waals surface area contributed by atoms with Crippen LogP contribution < -0.4 is 9.88 Å². The lowest BCUT2D eigenvalue weighted by Crippen LogP contribution is -2.37. The van der Waals surface area contributed by atoms with Crippen molar-refractivity contribution in [1.82, 2.24) is 15.2 Å². The third kappa shape index (κ3) is 3.84. The lowest BCUT2D eigenvalue weighted by molar-refractivity contribution is -0.667. The summed E-state index contributed by atoms with van der Waals surface area (Å²) in [5, 5.41) is 13.7. The third-order valence-corrected chi connectivity index (χ3v) is 5.44. The molecule has 26 heavy (non-hydrogen) atoms. The molecule has 0 atom stereocenters. The molecule has 2 heterocycles. The van der Waals surface area contributed by atoms with Crippen LogP contribution in [0.25, 0.3) is 11.3 Å². The molecule has 0 unspecified atom stereocenters. The molecule has 4 rings (SSSR count). The van der Waals surface area contributed by atoms with Crippen LogP contribution in [0.5, 0.6) is 0 Å². The van der Waals surface area contributed by atoms with Crippen LogP contribution in [0.4, 0.5) is 10.8 Å². The van der Waals surface area contributed by atoms with E-state index in [1.165, 1.54) is 11.3 Å². The molecule has 0 saturated heterocycles. The molecule has 7 heteroatoms. The number of anilines is 2. The molecule has 0 fully saturated rings. The average molecular weight is 427 g/mol. The maximum Gasteiger partial charge on any atom is 0.339 e. The van der Waals surface area contributed by atoms with Crippen LogP contribution in [-0.2, 0) is 13.0 Å². The van der Waals surface area contributed by atoms with Gasteiger partial charge in [0, 0.05) is 21.8 Å². The van der Waals surface area contributed by atoms with Gasteiger partial charge in [-0.15, -0.1) is 0 Å². The minimum Gasteiger partial charge on any atom is -0.263 e. The monoisotopic (exact) mass is 426 g/mol. The quantitative estimate of drug-likeness (QED) is 0.444. The first-order chi connectivity index (χ1) is 12.8. The topological polar surface area (TPSA) is 57.5 Å².